The summed E-state index contributed by atoms with van der Waals surface area (Å²) < 4.78 is 64.5. The second kappa shape index (κ2) is 8.05. The first-order valence-corrected chi connectivity index (χ1v) is 9.59. The Bertz CT molecular complexity index is 948. The second-order valence-corrected chi connectivity index (χ2v) is 8.01. The van der Waals surface area contributed by atoms with Crippen LogP contribution in [-0.4, -0.2) is 20.4 Å². The molecule has 0 aliphatic heterocycles. The molecule has 1 atom stereocenters. The standard InChI is InChI=1S/C16H13Cl2F3N2O3S/c1-9(23-27(25,26)14-8-11(17)4-7-13(14)18)15(24)22-12-5-2-10(3-6-12)16(19,20)21/h2-9,23H,1H3,(H,22,24)/t9-/m0/s1. The summed E-state index contributed by atoms with van der Waals surface area (Å²) in [5, 5.41) is 2.39. The van der Waals surface area contributed by atoms with Crippen molar-refractivity contribution in [2.75, 3.05) is 5.32 Å². The first kappa shape index (κ1) is 21.5. The Balaban J connectivity index is 2.10. The summed E-state index contributed by atoms with van der Waals surface area (Å²) in [6.07, 6.45) is -4.50. The average molecular weight is 441 g/mol. The lowest BCUT2D eigenvalue weighted by atomic mass is 10.2. The topological polar surface area (TPSA) is 75.3 Å². The zero-order chi connectivity index (χ0) is 20.4. The SMILES string of the molecule is C[C@H](NS(=O)(=O)c1cc(Cl)ccc1Cl)C(=O)Nc1ccc(C(F)(F)F)cc1. The molecule has 2 aromatic carbocycles. The van der Waals surface area contributed by atoms with Crippen molar-refractivity contribution in [2.24, 2.45) is 0 Å². The highest BCUT2D eigenvalue weighted by molar-refractivity contribution is 7.89. The summed E-state index contributed by atoms with van der Waals surface area (Å²) in [5.41, 5.74) is -0.787. The van der Waals surface area contributed by atoms with E-state index in [1.807, 2.05) is 0 Å². The van der Waals surface area contributed by atoms with E-state index >= 15 is 0 Å². The highest BCUT2D eigenvalue weighted by Crippen LogP contribution is 2.30. The second-order valence-electron chi connectivity index (χ2n) is 5.48. The summed E-state index contributed by atoms with van der Waals surface area (Å²) in [5.74, 6) is -0.767. The van der Waals surface area contributed by atoms with Crippen LogP contribution in [0, 0.1) is 0 Å². The molecule has 27 heavy (non-hydrogen) atoms. The monoisotopic (exact) mass is 440 g/mol. The number of hydrogen-bond acceptors (Lipinski definition) is 3. The molecule has 2 N–H and O–H groups in total. The van der Waals surface area contributed by atoms with Crippen molar-refractivity contribution < 1.29 is 26.4 Å². The van der Waals surface area contributed by atoms with Gasteiger partial charge in [-0.1, -0.05) is 23.2 Å². The number of carbonyl (C=O) groups excluding carboxylic acids is 1. The molecule has 0 aliphatic carbocycles. The third-order valence-corrected chi connectivity index (χ3v) is 5.65. The van der Waals surface area contributed by atoms with E-state index in [0.29, 0.717) is 0 Å². The lowest BCUT2D eigenvalue weighted by molar-refractivity contribution is -0.137. The van der Waals surface area contributed by atoms with Gasteiger partial charge in [-0.25, -0.2) is 8.42 Å². The molecule has 2 rings (SSSR count). The maximum atomic E-state index is 12.5. The third kappa shape index (κ3) is 5.58. The van der Waals surface area contributed by atoms with Crippen molar-refractivity contribution in [3.8, 4) is 0 Å². The fraction of sp³-hybridized carbons (Fsp3) is 0.188. The fourth-order valence-electron chi connectivity index (χ4n) is 2.03. The van der Waals surface area contributed by atoms with Crippen molar-refractivity contribution >= 4 is 44.8 Å². The number of halogens is 5. The van der Waals surface area contributed by atoms with Crippen LogP contribution < -0.4 is 10.0 Å². The molecule has 0 aliphatic rings. The summed E-state index contributed by atoms with van der Waals surface area (Å²) >= 11 is 11.6. The minimum atomic E-state index is -4.50. The number of nitrogens with one attached hydrogen (secondary N) is 2. The van der Waals surface area contributed by atoms with E-state index in [9.17, 15) is 26.4 Å². The van der Waals surface area contributed by atoms with Crippen LogP contribution in [0.25, 0.3) is 0 Å². The molecule has 0 fully saturated rings. The molecular weight excluding hydrogens is 428 g/mol. The first-order valence-electron chi connectivity index (χ1n) is 7.35. The molecule has 0 heterocycles. The quantitative estimate of drug-likeness (QED) is 0.726. The smallest absolute Gasteiger partial charge is 0.325 e. The third-order valence-electron chi connectivity index (χ3n) is 3.39. The largest absolute Gasteiger partial charge is 0.416 e. The van der Waals surface area contributed by atoms with E-state index < -0.39 is 33.7 Å². The van der Waals surface area contributed by atoms with E-state index in [1.54, 1.807) is 0 Å². The van der Waals surface area contributed by atoms with Crippen LogP contribution in [-0.2, 0) is 21.0 Å². The number of benzene rings is 2. The molecule has 0 saturated heterocycles. The summed E-state index contributed by atoms with van der Waals surface area (Å²) in [6, 6.07) is 6.34. The number of amides is 1. The molecule has 0 bridgehead atoms. The maximum Gasteiger partial charge on any atom is 0.416 e. The number of alkyl halides is 3. The molecule has 11 heteroatoms. The molecule has 0 spiro atoms. The van der Waals surface area contributed by atoms with Crippen molar-refractivity contribution in [1.82, 2.24) is 4.72 Å². The van der Waals surface area contributed by atoms with Crippen molar-refractivity contribution in [3.63, 3.8) is 0 Å². The van der Waals surface area contributed by atoms with E-state index in [1.165, 1.54) is 19.1 Å². The van der Waals surface area contributed by atoms with Crippen molar-refractivity contribution in [2.45, 2.75) is 24.0 Å². The van der Waals surface area contributed by atoms with Gasteiger partial charge in [-0.15, -0.1) is 0 Å². The van der Waals surface area contributed by atoms with E-state index in [2.05, 4.69) is 10.0 Å². The zero-order valence-corrected chi connectivity index (χ0v) is 16.0. The Labute approximate surface area is 163 Å². The highest BCUT2D eigenvalue weighted by Gasteiger charge is 2.30. The van der Waals surface area contributed by atoms with Crippen LogP contribution in [0.1, 0.15) is 12.5 Å². The van der Waals surface area contributed by atoms with E-state index in [-0.39, 0.29) is 20.6 Å². The Hall–Kier alpha value is -1.81. The van der Waals surface area contributed by atoms with Gasteiger partial charge in [0.25, 0.3) is 0 Å². The molecule has 146 valence electrons. The molecule has 5 nitrogen and oxygen atoms in total. The fourth-order valence-corrected chi connectivity index (χ4v) is 3.99. The maximum absolute atomic E-state index is 12.5. The van der Waals surface area contributed by atoms with Crippen LogP contribution in [0.3, 0.4) is 0 Å². The predicted molar refractivity (Wildman–Crippen MR) is 96.3 cm³/mol. The molecular formula is C16H13Cl2F3N2O3S. The Morgan fingerprint density at radius 2 is 1.67 bits per heavy atom. The van der Waals surface area contributed by atoms with Gasteiger partial charge in [-0.2, -0.15) is 17.9 Å². The summed E-state index contributed by atoms with van der Waals surface area (Å²) in [7, 11) is -4.15. The van der Waals surface area contributed by atoms with E-state index in [4.69, 9.17) is 23.2 Å². The number of anilines is 1. The van der Waals surface area contributed by atoms with Crippen LogP contribution >= 0.6 is 23.2 Å². The summed E-state index contributed by atoms with van der Waals surface area (Å²) in [4.78, 5) is 11.8. The van der Waals surface area contributed by atoms with Gasteiger partial charge in [0.05, 0.1) is 16.6 Å². The van der Waals surface area contributed by atoms with E-state index in [0.717, 1.165) is 30.3 Å². The average Bonchev–Trinajstić information content (AvgIpc) is 2.56. The van der Waals surface area contributed by atoms with Crippen molar-refractivity contribution in [1.29, 1.82) is 0 Å². The molecule has 2 aromatic rings. The molecule has 0 saturated carbocycles. The normalized spacial score (nSPS) is 13.3. The minimum absolute atomic E-state index is 0.0813. The zero-order valence-electron chi connectivity index (χ0n) is 13.6. The number of hydrogen-bond donors (Lipinski definition) is 2. The lowest BCUT2D eigenvalue weighted by Crippen LogP contribution is -2.41. The van der Waals surface area contributed by atoms with Gasteiger partial charge in [-0.05, 0) is 49.4 Å². The lowest BCUT2D eigenvalue weighted by Gasteiger charge is -2.15. The van der Waals surface area contributed by atoms with Gasteiger partial charge in [0, 0.05) is 10.7 Å². The number of carbonyl (C=O) groups is 1. The summed E-state index contributed by atoms with van der Waals surface area (Å²) in [6.45, 7) is 1.27. The van der Waals surface area contributed by atoms with Gasteiger partial charge in [0.2, 0.25) is 15.9 Å². The van der Waals surface area contributed by atoms with Gasteiger partial charge in [0.15, 0.2) is 0 Å². The molecule has 1 amide bonds. The minimum Gasteiger partial charge on any atom is -0.325 e. The van der Waals surface area contributed by atoms with Crippen LogP contribution in [0.2, 0.25) is 10.0 Å². The molecule has 0 aromatic heterocycles. The van der Waals surface area contributed by atoms with Gasteiger partial charge >= 0.3 is 6.18 Å². The Kier molecular flexibility index (Phi) is 6.41. The Morgan fingerprint density at radius 3 is 2.22 bits per heavy atom. The van der Waals surface area contributed by atoms with Gasteiger partial charge in [0.1, 0.15) is 4.90 Å². The molecule has 0 radical (unpaired) electrons. The van der Waals surface area contributed by atoms with Crippen LogP contribution in [0.15, 0.2) is 47.4 Å². The van der Waals surface area contributed by atoms with Crippen LogP contribution in [0.5, 0.6) is 0 Å². The number of sulfonamides is 1. The molecule has 0 unspecified atom stereocenters. The van der Waals surface area contributed by atoms with Gasteiger partial charge < -0.3 is 5.32 Å². The number of rotatable bonds is 5. The van der Waals surface area contributed by atoms with Crippen LogP contribution in [0.4, 0.5) is 18.9 Å². The predicted octanol–water partition coefficient (Wildman–Crippen LogP) is 4.32. The first-order chi connectivity index (χ1) is 12.4. The van der Waals surface area contributed by atoms with Gasteiger partial charge in [-0.3, -0.25) is 4.79 Å². The van der Waals surface area contributed by atoms with Crippen molar-refractivity contribution in [3.05, 3.63) is 58.1 Å². The Morgan fingerprint density at radius 1 is 1.07 bits per heavy atom. The highest BCUT2D eigenvalue weighted by atomic mass is 35.5.